The van der Waals surface area contributed by atoms with E-state index in [1.54, 1.807) is 5.70 Å². The molecular weight excluding hydrogens is 723 g/mol. The van der Waals surface area contributed by atoms with Crippen molar-refractivity contribution in [2.45, 2.75) is 175 Å². The van der Waals surface area contributed by atoms with E-state index in [4.69, 9.17) is 9.47 Å². The minimum Gasteiger partial charge on any atom is -0.469 e. The average Bonchev–Trinajstić information content (AvgIpc) is 3.86. The molecule has 20 atom stereocenters. The van der Waals surface area contributed by atoms with Crippen LogP contribution in [0.1, 0.15) is 157 Å². The average molecular weight is 804 g/mol. The lowest BCUT2D eigenvalue weighted by molar-refractivity contribution is -0.180. The topological polar surface area (TPSA) is 96.3 Å². The fourth-order valence-electron chi connectivity index (χ4n) is 19.4. The number of hydrogen-bond donors (Lipinski definition) is 2. The molecule has 7 fully saturated rings. The Hall–Kier alpha value is -1.60. The number of nitrogens with zero attached hydrogens (tertiary/aromatic N) is 1. The highest BCUT2D eigenvalue weighted by molar-refractivity contribution is 5.69. The van der Waals surface area contributed by atoms with E-state index in [9.17, 15) is 19.8 Å². The van der Waals surface area contributed by atoms with Gasteiger partial charge in [0.15, 0.2) is 0 Å². The van der Waals surface area contributed by atoms with Gasteiger partial charge in [0.2, 0.25) is 0 Å². The summed E-state index contributed by atoms with van der Waals surface area (Å²) >= 11 is 0. The summed E-state index contributed by atoms with van der Waals surface area (Å²) < 4.78 is 10.0. The van der Waals surface area contributed by atoms with Crippen molar-refractivity contribution >= 4 is 11.9 Å². The van der Waals surface area contributed by atoms with Gasteiger partial charge in [-0.05, 0) is 201 Å². The van der Waals surface area contributed by atoms with Crippen LogP contribution >= 0.6 is 0 Å². The predicted octanol–water partition coefficient (Wildman–Crippen LogP) is 9.83. The van der Waals surface area contributed by atoms with E-state index in [1.807, 2.05) is 5.57 Å². The summed E-state index contributed by atoms with van der Waals surface area (Å²) in [6.07, 6.45) is 19.1. The Labute approximate surface area is 351 Å². The molecule has 8 aliphatic carbocycles. The number of allylic oxidation sites excluding steroid dienone is 1. The van der Waals surface area contributed by atoms with Crippen molar-refractivity contribution in [2.24, 2.45) is 98.6 Å². The maximum Gasteiger partial charge on any atom is 0.305 e. The summed E-state index contributed by atoms with van der Waals surface area (Å²) in [6, 6.07) is 0.618. The SMILES string of the molecule is COC(=O)CC[C@@H](C)[C@H]1CCC2C3CC[C@@H]4C5=C(CC[C@]4(C)C3C[C@H](O)[C@@]21C)N(C)C1CC[C@]2(C)C3C[C@H](O)[C@@]4(C)C(CC[C@@H]4[C@H](C)CCC(=O)OC)C3CC[C@@H]2C51. The molecule has 1 aliphatic heterocycles. The number of carbonyl (C=O) groups excluding carboxylic acids is 2. The molecule has 0 aromatic heterocycles. The number of fused-ring (bicyclic) bond motifs is 14. The molecule has 0 spiro atoms. The van der Waals surface area contributed by atoms with Crippen LogP contribution in [0, 0.1) is 98.6 Å². The highest BCUT2D eigenvalue weighted by atomic mass is 16.5. The molecule has 0 radical (unpaired) electrons. The molecule has 7 nitrogen and oxygen atoms in total. The number of ether oxygens (including phenoxy) is 2. The van der Waals surface area contributed by atoms with Crippen molar-refractivity contribution in [1.29, 1.82) is 0 Å². The number of hydrogen-bond acceptors (Lipinski definition) is 7. The molecule has 1 heterocycles. The molecule has 0 aromatic carbocycles. The van der Waals surface area contributed by atoms with E-state index in [1.165, 1.54) is 91.3 Å². The largest absolute Gasteiger partial charge is 0.469 e. The third kappa shape index (κ3) is 5.74. The van der Waals surface area contributed by atoms with Crippen LogP contribution in [0.2, 0.25) is 0 Å². The summed E-state index contributed by atoms with van der Waals surface area (Å²) in [5.74, 6) is 7.14. The van der Waals surface area contributed by atoms with E-state index < -0.39 is 0 Å². The van der Waals surface area contributed by atoms with Crippen molar-refractivity contribution in [3.63, 3.8) is 0 Å². The van der Waals surface area contributed by atoms with Crippen LogP contribution in [-0.4, -0.2) is 66.6 Å². The van der Waals surface area contributed by atoms with Crippen LogP contribution in [0.4, 0.5) is 0 Å². The number of aliphatic hydroxyl groups is 2. The van der Waals surface area contributed by atoms with Gasteiger partial charge < -0.3 is 24.6 Å². The van der Waals surface area contributed by atoms with Gasteiger partial charge in [-0.15, -0.1) is 0 Å². The van der Waals surface area contributed by atoms with E-state index in [0.717, 1.165) is 25.7 Å². The first-order chi connectivity index (χ1) is 27.5. The normalized spacial score (nSPS) is 51.2. The molecule has 7 heteroatoms. The minimum absolute atomic E-state index is 0.0642. The molecule has 7 saturated carbocycles. The van der Waals surface area contributed by atoms with E-state index >= 15 is 0 Å². The fourth-order valence-corrected chi connectivity index (χ4v) is 19.4. The molecule has 0 saturated heterocycles. The zero-order valence-corrected chi connectivity index (χ0v) is 37.9. The van der Waals surface area contributed by atoms with E-state index in [2.05, 4.69) is 53.5 Å². The summed E-state index contributed by atoms with van der Waals surface area (Å²) in [5.41, 5.74) is 3.93. The Bertz CT molecular complexity index is 1640. The zero-order valence-electron chi connectivity index (χ0n) is 37.9. The minimum atomic E-state index is -0.278. The van der Waals surface area contributed by atoms with Gasteiger partial charge in [-0.1, -0.05) is 41.5 Å². The Morgan fingerprint density at radius 1 is 0.672 bits per heavy atom. The van der Waals surface area contributed by atoms with Gasteiger partial charge in [-0.25, -0.2) is 0 Å². The van der Waals surface area contributed by atoms with Gasteiger partial charge in [0.25, 0.3) is 0 Å². The first-order valence-corrected chi connectivity index (χ1v) is 24.5. The van der Waals surface area contributed by atoms with Gasteiger partial charge in [-0.3, -0.25) is 9.59 Å². The van der Waals surface area contributed by atoms with Crippen molar-refractivity contribution in [3.05, 3.63) is 11.3 Å². The first kappa shape index (κ1) is 41.7. The lowest BCUT2D eigenvalue weighted by atomic mass is 9.40. The maximum absolute atomic E-state index is 12.4. The number of carbonyl (C=O) groups is 2. The monoisotopic (exact) mass is 804 g/mol. The van der Waals surface area contributed by atoms with Gasteiger partial charge in [0, 0.05) is 37.5 Å². The molecule has 2 N–H and O–H groups in total. The Morgan fingerprint density at radius 2 is 1.17 bits per heavy atom. The number of aliphatic hydroxyl groups excluding tert-OH is 2. The summed E-state index contributed by atoms with van der Waals surface area (Å²) in [4.78, 5) is 27.0. The molecule has 9 aliphatic rings. The highest BCUT2D eigenvalue weighted by Crippen LogP contribution is 2.74. The summed E-state index contributed by atoms with van der Waals surface area (Å²) in [5, 5.41) is 24.8. The maximum atomic E-state index is 12.4. The first-order valence-electron chi connectivity index (χ1n) is 24.5. The standard InChI is InChI=1S/C51H81NO6/c1-28(10-20-44(55)57-8)32-16-18-34-30-12-14-36-46-40(22-24-48(36,3)38(30)26-42(53)50(32,34)5)52(7)41-23-25-49(4)37(47(41)46)15-13-31-35-19-17-33(29(2)11-21-45(56)58-9)51(35,6)43(54)27-39(31)49/h28-40,42-43,46,53-54H,10-27H2,1-9H3/t28-,29-,30?,31?,32-,33-,34?,35?,36-,37-,38?,39?,40?,42+,43+,46?,48+,49+,50-,51-/m1/s1. The van der Waals surface area contributed by atoms with Crippen LogP contribution in [0.3, 0.4) is 0 Å². The van der Waals surface area contributed by atoms with Gasteiger partial charge in [0.05, 0.1) is 26.4 Å². The van der Waals surface area contributed by atoms with Crippen molar-refractivity contribution in [2.75, 3.05) is 21.3 Å². The lowest BCUT2D eigenvalue weighted by Gasteiger charge is -2.65. The molecule has 8 unspecified atom stereocenters. The van der Waals surface area contributed by atoms with Crippen molar-refractivity contribution in [1.82, 2.24) is 4.90 Å². The Balaban J connectivity index is 0.958. The molecule has 0 bridgehead atoms. The fraction of sp³-hybridized carbons (Fsp3) is 0.922. The van der Waals surface area contributed by atoms with Gasteiger partial charge >= 0.3 is 11.9 Å². The Kier molecular flexibility index (Phi) is 10.6. The third-order valence-corrected chi connectivity index (χ3v) is 22.3. The van der Waals surface area contributed by atoms with Crippen LogP contribution < -0.4 is 0 Å². The van der Waals surface area contributed by atoms with Gasteiger partial charge in [-0.2, -0.15) is 0 Å². The second kappa shape index (κ2) is 14.8. The van der Waals surface area contributed by atoms with Crippen LogP contribution in [0.5, 0.6) is 0 Å². The lowest BCUT2D eigenvalue weighted by Crippen LogP contribution is -2.61. The van der Waals surface area contributed by atoms with Crippen molar-refractivity contribution in [3.8, 4) is 0 Å². The van der Waals surface area contributed by atoms with E-state index in [0.29, 0.717) is 95.8 Å². The van der Waals surface area contributed by atoms with Crippen LogP contribution in [-0.2, 0) is 19.1 Å². The van der Waals surface area contributed by atoms with Crippen molar-refractivity contribution < 1.29 is 29.3 Å². The van der Waals surface area contributed by atoms with Crippen LogP contribution in [0.25, 0.3) is 0 Å². The molecule has 326 valence electrons. The summed E-state index contributed by atoms with van der Waals surface area (Å²) in [6.45, 7) is 14.9. The third-order valence-electron chi connectivity index (χ3n) is 22.3. The quantitative estimate of drug-likeness (QED) is 0.236. The molecule has 58 heavy (non-hydrogen) atoms. The number of esters is 2. The molecule has 0 amide bonds. The second-order valence-electron chi connectivity index (χ2n) is 23.5. The zero-order chi connectivity index (χ0) is 41.3. The van der Waals surface area contributed by atoms with E-state index in [-0.39, 0.29) is 45.8 Å². The second-order valence-corrected chi connectivity index (χ2v) is 23.5. The summed E-state index contributed by atoms with van der Waals surface area (Å²) in [7, 11) is 5.44. The molecule has 0 aromatic rings. The smallest absolute Gasteiger partial charge is 0.305 e. The number of methoxy groups -OCH3 is 2. The van der Waals surface area contributed by atoms with Gasteiger partial charge in [0.1, 0.15) is 0 Å². The number of rotatable bonds is 8. The highest BCUT2D eigenvalue weighted by Gasteiger charge is 2.69. The molecule has 9 rings (SSSR count). The molecular formula is C51H81NO6. The Morgan fingerprint density at radius 3 is 1.71 bits per heavy atom. The van der Waals surface area contributed by atoms with Crippen LogP contribution in [0.15, 0.2) is 11.3 Å². The predicted molar refractivity (Wildman–Crippen MR) is 227 cm³/mol.